The van der Waals surface area contributed by atoms with Gasteiger partial charge in [0.1, 0.15) is 5.82 Å². The Balaban J connectivity index is 1.49. The molecule has 0 aromatic carbocycles. The summed E-state index contributed by atoms with van der Waals surface area (Å²) in [4.78, 5) is 36.7. The average molecular weight is 401 g/mol. The molecule has 2 N–H and O–H groups in total. The van der Waals surface area contributed by atoms with Gasteiger partial charge in [0.2, 0.25) is 11.8 Å². The second-order valence-electron chi connectivity index (χ2n) is 7.60. The van der Waals surface area contributed by atoms with Crippen molar-refractivity contribution in [3.05, 3.63) is 23.9 Å². The summed E-state index contributed by atoms with van der Waals surface area (Å²) in [5, 5.41) is 6.77. The third-order valence-electron chi connectivity index (χ3n) is 5.35. The molecule has 8 heteroatoms. The second-order valence-corrected chi connectivity index (χ2v) is 7.60. The lowest BCUT2D eigenvalue weighted by Crippen LogP contribution is -2.49. The molecule has 1 aromatic heterocycles. The standard InChI is InChI=1S/C21H32N6O2/c1-3-22-21(23-12-15-27-19(28)8-5-9-20(27)29)25-17-10-13-26(14-11-17)18-7-4-6-16(2)24-18/h4,6-7,17H,3,5,8-15H2,1-2H3,(H2,22,23,25). The highest BCUT2D eigenvalue weighted by molar-refractivity contribution is 5.97. The molecule has 0 saturated carbocycles. The number of hydrogen-bond donors (Lipinski definition) is 2. The van der Waals surface area contributed by atoms with Crippen molar-refractivity contribution in [1.29, 1.82) is 0 Å². The van der Waals surface area contributed by atoms with Gasteiger partial charge in [-0.1, -0.05) is 6.07 Å². The lowest BCUT2D eigenvalue weighted by Gasteiger charge is -2.34. The first-order valence-electron chi connectivity index (χ1n) is 10.6. The van der Waals surface area contributed by atoms with Crippen molar-refractivity contribution < 1.29 is 9.59 Å². The normalized spacial score (nSPS) is 18.9. The Kier molecular flexibility index (Phi) is 7.43. The Morgan fingerprint density at radius 2 is 1.93 bits per heavy atom. The van der Waals surface area contributed by atoms with E-state index >= 15 is 0 Å². The molecular formula is C21H32N6O2. The maximum absolute atomic E-state index is 11.9. The number of aliphatic imine (C=N–C) groups is 1. The van der Waals surface area contributed by atoms with Crippen molar-refractivity contribution in [3.8, 4) is 0 Å². The number of aryl methyl sites for hydroxylation is 1. The van der Waals surface area contributed by atoms with E-state index in [-0.39, 0.29) is 11.8 Å². The lowest BCUT2D eigenvalue weighted by atomic mass is 10.1. The van der Waals surface area contributed by atoms with E-state index in [9.17, 15) is 9.59 Å². The van der Waals surface area contributed by atoms with Crippen LogP contribution in [-0.4, -0.2) is 66.4 Å². The number of rotatable bonds is 6. The molecule has 0 bridgehead atoms. The summed E-state index contributed by atoms with van der Waals surface area (Å²) < 4.78 is 0. The zero-order valence-corrected chi connectivity index (χ0v) is 17.5. The summed E-state index contributed by atoms with van der Waals surface area (Å²) in [6, 6.07) is 6.47. The molecule has 0 spiro atoms. The van der Waals surface area contributed by atoms with E-state index in [0.29, 0.717) is 38.4 Å². The fraction of sp³-hybridized carbons (Fsp3) is 0.619. The molecular weight excluding hydrogens is 368 g/mol. The van der Waals surface area contributed by atoms with Gasteiger partial charge in [-0.2, -0.15) is 0 Å². The quantitative estimate of drug-likeness (QED) is 0.427. The maximum Gasteiger partial charge on any atom is 0.229 e. The van der Waals surface area contributed by atoms with Crippen LogP contribution in [-0.2, 0) is 9.59 Å². The van der Waals surface area contributed by atoms with Gasteiger partial charge in [-0.3, -0.25) is 19.5 Å². The van der Waals surface area contributed by atoms with Crippen LogP contribution < -0.4 is 15.5 Å². The number of anilines is 1. The number of aromatic nitrogens is 1. The molecule has 0 unspecified atom stereocenters. The summed E-state index contributed by atoms with van der Waals surface area (Å²) in [6.07, 6.45) is 3.59. The van der Waals surface area contributed by atoms with Crippen molar-refractivity contribution >= 4 is 23.6 Å². The molecule has 0 radical (unpaired) electrons. The van der Waals surface area contributed by atoms with Crippen molar-refractivity contribution in [2.24, 2.45) is 4.99 Å². The average Bonchev–Trinajstić information content (AvgIpc) is 2.71. The van der Waals surface area contributed by atoms with Crippen LogP contribution in [0.4, 0.5) is 5.82 Å². The first kappa shape index (κ1) is 21.1. The van der Waals surface area contributed by atoms with Crippen molar-refractivity contribution in [2.75, 3.05) is 37.6 Å². The highest BCUT2D eigenvalue weighted by Gasteiger charge is 2.25. The van der Waals surface area contributed by atoms with Crippen LogP contribution in [0.25, 0.3) is 0 Å². The highest BCUT2D eigenvalue weighted by atomic mass is 16.2. The van der Waals surface area contributed by atoms with Crippen LogP contribution >= 0.6 is 0 Å². The molecule has 3 heterocycles. The summed E-state index contributed by atoms with van der Waals surface area (Å²) in [6.45, 7) is 7.47. The molecule has 158 valence electrons. The number of piperidine rings is 2. The van der Waals surface area contributed by atoms with Crippen LogP contribution in [0, 0.1) is 6.92 Å². The van der Waals surface area contributed by atoms with E-state index < -0.39 is 0 Å². The summed E-state index contributed by atoms with van der Waals surface area (Å²) in [5.74, 6) is 1.63. The van der Waals surface area contributed by atoms with Gasteiger partial charge in [-0.25, -0.2) is 4.98 Å². The third-order valence-corrected chi connectivity index (χ3v) is 5.35. The van der Waals surface area contributed by atoms with E-state index in [0.717, 1.165) is 49.9 Å². The molecule has 29 heavy (non-hydrogen) atoms. The number of hydrogen-bond acceptors (Lipinski definition) is 5. The number of guanidine groups is 1. The van der Waals surface area contributed by atoms with Gasteiger partial charge >= 0.3 is 0 Å². The van der Waals surface area contributed by atoms with E-state index in [1.54, 1.807) is 0 Å². The van der Waals surface area contributed by atoms with Gasteiger partial charge in [-0.15, -0.1) is 0 Å². The van der Waals surface area contributed by atoms with Crippen LogP contribution in [0.5, 0.6) is 0 Å². The molecule has 2 aliphatic heterocycles. The van der Waals surface area contributed by atoms with Gasteiger partial charge in [0, 0.05) is 50.8 Å². The van der Waals surface area contributed by atoms with Gasteiger partial charge in [0.25, 0.3) is 0 Å². The van der Waals surface area contributed by atoms with Crippen LogP contribution in [0.15, 0.2) is 23.2 Å². The molecule has 1 aromatic rings. The lowest BCUT2D eigenvalue weighted by molar-refractivity contribution is -0.147. The fourth-order valence-electron chi connectivity index (χ4n) is 3.78. The van der Waals surface area contributed by atoms with Crippen LogP contribution in [0.1, 0.15) is 44.7 Å². The molecule has 8 nitrogen and oxygen atoms in total. The monoisotopic (exact) mass is 400 g/mol. The Morgan fingerprint density at radius 1 is 1.21 bits per heavy atom. The number of nitrogens with one attached hydrogen (secondary N) is 2. The summed E-state index contributed by atoms with van der Waals surface area (Å²) >= 11 is 0. The SMILES string of the molecule is CCNC(=NCCN1C(=O)CCCC1=O)NC1CCN(c2cccc(C)n2)CC1. The second kappa shape index (κ2) is 10.2. The van der Waals surface area contributed by atoms with E-state index in [1.807, 2.05) is 19.9 Å². The molecule has 0 aliphatic carbocycles. The van der Waals surface area contributed by atoms with Crippen molar-refractivity contribution in [2.45, 2.75) is 52.0 Å². The Labute approximate surface area is 172 Å². The Hall–Kier alpha value is -2.64. The third kappa shape index (κ3) is 5.92. The summed E-state index contributed by atoms with van der Waals surface area (Å²) in [5.41, 5.74) is 1.04. The van der Waals surface area contributed by atoms with E-state index in [2.05, 4.69) is 37.6 Å². The molecule has 2 aliphatic rings. The molecule has 2 amide bonds. The Bertz CT molecular complexity index is 726. The van der Waals surface area contributed by atoms with Gasteiger partial charge in [-0.05, 0) is 45.2 Å². The summed E-state index contributed by atoms with van der Waals surface area (Å²) in [7, 11) is 0. The van der Waals surface area contributed by atoms with Crippen LogP contribution in [0.2, 0.25) is 0 Å². The number of amides is 2. The number of carbonyl (C=O) groups excluding carboxylic acids is 2. The predicted molar refractivity (Wildman–Crippen MR) is 114 cm³/mol. The van der Waals surface area contributed by atoms with Gasteiger partial charge in [0.05, 0.1) is 6.54 Å². The van der Waals surface area contributed by atoms with Gasteiger partial charge in [0.15, 0.2) is 5.96 Å². The first-order chi connectivity index (χ1) is 14.1. The number of imide groups is 1. The minimum Gasteiger partial charge on any atom is -0.357 e. The number of carbonyl (C=O) groups is 2. The fourth-order valence-corrected chi connectivity index (χ4v) is 3.78. The molecule has 2 saturated heterocycles. The predicted octanol–water partition coefficient (Wildman–Crippen LogP) is 1.45. The topological polar surface area (TPSA) is 89.9 Å². The molecule has 0 atom stereocenters. The number of nitrogens with zero attached hydrogens (tertiary/aromatic N) is 4. The number of likely N-dealkylation sites (tertiary alicyclic amines) is 1. The van der Waals surface area contributed by atoms with E-state index in [4.69, 9.17) is 0 Å². The highest BCUT2D eigenvalue weighted by Crippen LogP contribution is 2.18. The van der Waals surface area contributed by atoms with Crippen LogP contribution in [0.3, 0.4) is 0 Å². The van der Waals surface area contributed by atoms with Crippen molar-refractivity contribution in [3.63, 3.8) is 0 Å². The van der Waals surface area contributed by atoms with E-state index in [1.165, 1.54) is 4.90 Å². The Morgan fingerprint density at radius 3 is 2.59 bits per heavy atom. The minimum absolute atomic E-state index is 0.0773. The smallest absolute Gasteiger partial charge is 0.229 e. The number of pyridine rings is 1. The first-order valence-corrected chi connectivity index (χ1v) is 10.6. The zero-order valence-electron chi connectivity index (χ0n) is 17.5. The minimum atomic E-state index is -0.0773. The van der Waals surface area contributed by atoms with Crippen molar-refractivity contribution in [1.82, 2.24) is 20.5 Å². The molecule has 3 rings (SSSR count). The maximum atomic E-state index is 11.9. The zero-order chi connectivity index (χ0) is 20.6. The largest absolute Gasteiger partial charge is 0.357 e. The van der Waals surface area contributed by atoms with Gasteiger partial charge < -0.3 is 15.5 Å². The molecule has 2 fully saturated rings.